The first-order valence-electron chi connectivity index (χ1n) is 5.70. The summed E-state index contributed by atoms with van der Waals surface area (Å²) < 4.78 is 5.30. The number of rotatable bonds is 7. The van der Waals surface area contributed by atoms with Gasteiger partial charge in [-0.3, -0.25) is 0 Å². The summed E-state index contributed by atoms with van der Waals surface area (Å²) in [5.74, 6) is 0. The van der Waals surface area contributed by atoms with E-state index in [2.05, 4.69) is 36.7 Å². The highest BCUT2D eigenvalue weighted by Crippen LogP contribution is 2.29. The number of alkyl halides is 1. The van der Waals surface area contributed by atoms with Gasteiger partial charge in [-0.15, -0.1) is 0 Å². The average Bonchev–Trinajstić information content (AvgIpc) is 2.09. The molecule has 86 valence electrons. The minimum Gasteiger partial charge on any atom is -0.382 e. The molecule has 0 aliphatic carbocycles. The number of unbranched alkanes of at least 4 members (excludes halogenated alkanes) is 2. The number of hydrogen-bond acceptors (Lipinski definition) is 1. The molecule has 0 aliphatic heterocycles. The summed E-state index contributed by atoms with van der Waals surface area (Å²) in [5, 5.41) is 0. The average molecular weight is 265 g/mol. The molecule has 0 heterocycles. The van der Waals surface area contributed by atoms with Gasteiger partial charge in [0.05, 0.1) is 0 Å². The molecule has 0 N–H and O–H groups in total. The van der Waals surface area contributed by atoms with Crippen LogP contribution in [0.4, 0.5) is 0 Å². The maximum Gasteiger partial charge on any atom is 0.0465 e. The largest absolute Gasteiger partial charge is 0.382 e. The van der Waals surface area contributed by atoms with Crippen LogP contribution >= 0.6 is 15.9 Å². The third-order valence-electron chi connectivity index (χ3n) is 2.39. The number of halogens is 1. The van der Waals surface area contributed by atoms with Crippen molar-refractivity contribution in [3.63, 3.8) is 0 Å². The van der Waals surface area contributed by atoms with Crippen molar-refractivity contribution in [2.24, 2.45) is 5.41 Å². The van der Waals surface area contributed by atoms with E-state index in [1.54, 1.807) is 0 Å². The van der Waals surface area contributed by atoms with E-state index in [-0.39, 0.29) is 0 Å². The summed E-state index contributed by atoms with van der Waals surface area (Å²) in [6.45, 7) is 10.7. The van der Waals surface area contributed by atoms with Crippen molar-refractivity contribution < 1.29 is 4.74 Å². The van der Waals surface area contributed by atoms with Crippen molar-refractivity contribution in [3.8, 4) is 0 Å². The number of ether oxygens (including phenoxy) is 1. The van der Waals surface area contributed by atoms with Crippen LogP contribution in [0.1, 0.15) is 53.4 Å². The molecule has 0 bridgehead atoms. The van der Waals surface area contributed by atoms with Crippen LogP contribution in [0.25, 0.3) is 0 Å². The Morgan fingerprint density at radius 3 is 2.29 bits per heavy atom. The lowest BCUT2D eigenvalue weighted by Crippen LogP contribution is -2.19. The van der Waals surface area contributed by atoms with E-state index in [0.717, 1.165) is 13.2 Å². The zero-order valence-electron chi connectivity index (χ0n) is 10.1. The highest BCUT2D eigenvalue weighted by molar-refractivity contribution is 9.09. The van der Waals surface area contributed by atoms with Crippen LogP contribution in [0.2, 0.25) is 0 Å². The highest BCUT2D eigenvalue weighted by Gasteiger charge is 2.20. The van der Waals surface area contributed by atoms with Crippen LogP contribution in [0, 0.1) is 5.41 Å². The predicted molar refractivity (Wildman–Crippen MR) is 67.1 cm³/mol. The molecule has 0 radical (unpaired) electrons. The lowest BCUT2D eigenvalue weighted by Gasteiger charge is -2.25. The van der Waals surface area contributed by atoms with Crippen molar-refractivity contribution in [3.05, 3.63) is 0 Å². The first kappa shape index (κ1) is 14.4. The molecule has 0 spiro atoms. The summed E-state index contributed by atoms with van der Waals surface area (Å²) in [6, 6.07) is 0. The van der Waals surface area contributed by atoms with E-state index in [9.17, 15) is 0 Å². The van der Waals surface area contributed by atoms with E-state index < -0.39 is 0 Å². The molecule has 1 nitrogen and oxygen atoms in total. The molecule has 0 aromatic carbocycles. The van der Waals surface area contributed by atoms with Crippen LogP contribution in [-0.4, -0.2) is 18.0 Å². The quantitative estimate of drug-likeness (QED) is 0.490. The van der Waals surface area contributed by atoms with Gasteiger partial charge in [-0.25, -0.2) is 0 Å². The van der Waals surface area contributed by atoms with E-state index >= 15 is 0 Å². The molecule has 0 aromatic rings. The van der Waals surface area contributed by atoms with Crippen molar-refractivity contribution >= 4 is 15.9 Å². The second-order valence-corrected chi connectivity index (χ2v) is 5.99. The predicted octanol–water partition coefficient (Wildman–Crippen LogP) is 4.39. The fourth-order valence-electron chi connectivity index (χ4n) is 1.28. The van der Waals surface area contributed by atoms with Crippen molar-refractivity contribution in [1.82, 2.24) is 0 Å². The van der Waals surface area contributed by atoms with Crippen molar-refractivity contribution in [2.75, 3.05) is 13.2 Å². The van der Waals surface area contributed by atoms with Gasteiger partial charge < -0.3 is 4.74 Å². The summed E-state index contributed by atoms with van der Waals surface area (Å²) in [5.41, 5.74) is 0.389. The smallest absolute Gasteiger partial charge is 0.0465 e. The molecule has 0 aromatic heterocycles. The zero-order chi connectivity index (χ0) is 11.0. The minimum atomic E-state index is 0.389. The Balaban J connectivity index is 3.28. The summed E-state index contributed by atoms with van der Waals surface area (Å²) in [4.78, 5) is 0.641. The van der Waals surface area contributed by atoms with E-state index in [1.165, 1.54) is 25.7 Å². The monoisotopic (exact) mass is 264 g/mol. The van der Waals surface area contributed by atoms with Crippen LogP contribution < -0.4 is 0 Å². The first-order chi connectivity index (χ1) is 6.48. The van der Waals surface area contributed by atoms with Gasteiger partial charge in [-0.2, -0.15) is 0 Å². The van der Waals surface area contributed by atoms with E-state index in [1.807, 2.05) is 6.92 Å². The Morgan fingerprint density at radius 2 is 1.79 bits per heavy atom. The van der Waals surface area contributed by atoms with Gasteiger partial charge in [-0.1, -0.05) is 49.5 Å². The molecule has 0 rings (SSSR count). The van der Waals surface area contributed by atoms with Gasteiger partial charge >= 0.3 is 0 Å². The Hall–Kier alpha value is 0.440. The van der Waals surface area contributed by atoms with Gasteiger partial charge in [-0.05, 0) is 25.2 Å². The standard InChI is InChI=1S/C12H25BrO/c1-5-14-10-8-6-7-9-11(13)12(2,3)4/h11H,5-10H2,1-4H3. The Labute approximate surface area is 97.7 Å². The Morgan fingerprint density at radius 1 is 1.14 bits per heavy atom. The minimum absolute atomic E-state index is 0.389. The topological polar surface area (TPSA) is 9.23 Å². The van der Waals surface area contributed by atoms with E-state index in [0.29, 0.717) is 10.2 Å². The van der Waals surface area contributed by atoms with Gasteiger partial charge in [0.15, 0.2) is 0 Å². The lowest BCUT2D eigenvalue weighted by atomic mass is 9.89. The maximum absolute atomic E-state index is 5.30. The molecule has 1 atom stereocenters. The number of hydrogen-bond donors (Lipinski definition) is 0. The Kier molecular flexibility index (Phi) is 7.94. The highest BCUT2D eigenvalue weighted by atomic mass is 79.9. The molecule has 0 fully saturated rings. The van der Waals surface area contributed by atoms with Crippen molar-refractivity contribution in [2.45, 2.75) is 58.2 Å². The second-order valence-electron chi connectivity index (χ2n) is 4.88. The summed E-state index contributed by atoms with van der Waals surface area (Å²) >= 11 is 3.75. The van der Waals surface area contributed by atoms with Gasteiger partial charge in [0.1, 0.15) is 0 Å². The van der Waals surface area contributed by atoms with Gasteiger partial charge in [0.25, 0.3) is 0 Å². The first-order valence-corrected chi connectivity index (χ1v) is 6.62. The van der Waals surface area contributed by atoms with Crippen LogP contribution in [-0.2, 0) is 4.74 Å². The van der Waals surface area contributed by atoms with Crippen LogP contribution in [0.5, 0.6) is 0 Å². The molecule has 2 heteroatoms. The van der Waals surface area contributed by atoms with E-state index in [4.69, 9.17) is 4.74 Å². The molecular formula is C12H25BrO. The molecule has 1 unspecified atom stereocenters. The molecule has 0 aliphatic rings. The molecule has 0 saturated heterocycles. The summed E-state index contributed by atoms with van der Waals surface area (Å²) in [7, 11) is 0. The fourth-order valence-corrected chi connectivity index (χ4v) is 1.61. The second kappa shape index (κ2) is 7.70. The maximum atomic E-state index is 5.30. The third kappa shape index (κ3) is 7.81. The molecular weight excluding hydrogens is 240 g/mol. The Bertz CT molecular complexity index is 129. The lowest BCUT2D eigenvalue weighted by molar-refractivity contribution is 0.142. The molecule has 0 amide bonds. The van der Waals surface area contributed by atoms with Crippen LogP contribution in [0.3, 0.4) is 0 Å². The SMILES string of the molecule is CCOCCCCCC(Br)C(C)(C)C. The van der Waals surface area contributed by atoms with Crippen molar-refractivity contribution in [1.29, 1.82) is 0 Å². The summed E-state index contributed by atoms with van der Waals surface area (Å²) in [6.07, 6.45) is 5.08. The normalized spacial score (nSPS) is 14.4. The zero-order valence-corrected chi connectivity index (χ0v) is 11.7. The van der Waals surface area contributed by atoms with Crippen LogP contribution in [0.15, 0.2) is 0 Å². The fraction of sp³-hybridized carbons (Fsp3) is 1.00. The van der Waals surface area contributed by atoms with Gasteiger partial charge in [0.2, 0.25) is 0 Å². The van der Waals surface area contributed by atoms with Gasteiger partial charge in [0, 0.05) is 18.0 Å². The third-order valence-corrected chi connectivity index (χ3v) is 4.22. The molecule has 0 saturated carbocycles. The molecule has 14 heavy (non-hydrogen) atoms.